The lowest BCUT2D eigenvalue weighted by Gasteiger charge is -2.31. The molecule has 1 atom stereocenters. The minimum absolute atomic E-state index is 0.163. The van der Waals surface area contributed by atoms with Gasteiger partial charge in [0, 0.05) is 17.0 Å². The highest BCUT2D eigenvalue weighted by atomic mass is 32.1. The standard InChI is InChI=1S/C19H19FN2O3S/c20-13-4-6-14(7-5-13)25-11-2-10-22-17(23)19(21-18(22)24)9-1-3-16-15(19)8-12-26-16/h4-8,12H,1-3,9-11H2,(H,21,24). The number of hydrogen-bond acceptors (Lipinski definition) is 4. The zero-order chi connectivity index (χ0) is 18.1. The lowest BCUT2D eigenvalue weighted by molar-refractivity contribution is -0.132. The molecule has 1 fully saturated rings. The average Bonchev–Trinajstić information content (AvgIpc) is 3.20. The predicted octanol–water partition coefficient (Wildman–Crippen LogP) is 3.44. The highest BCUT2D eigenvalue weighted by Crippen LogP contribution is 2.42. The van der Waals surface area contributed by atoms with E-state index in [1.54, 1.807) is 23.5 Å². The number of halogens is 1. The summed E-state index contributed by atoms with van der Waals surface area (Å²) < 4.78 is 18.4. The second-order valence-corrected chi connectivity index (χ2v) is 7.56. The van der Waals surface area contributed by atoms with Crippen molar-refractivity contribution in [1.29, 1.82) is 0 Å². The van der Waals surface area contributed by atoms with E-state index >= 15 is 0 Å². The van der Waals surface area contributed by atoms with Crippen LogP contribution in [0.25, 0.3) is 0 Å². The molecule has 1 N–H and O–H groups in total. The van der Waals surface area contributed by atoms with Crippen molar-refractivity contribution < 1.29 is 18.7 Å². The molecule has 1 aliphatic carbocycles. The van der Waals surface area contributed by atoms with Gasteiger partial charge < -0.3 is 10.1 Å². The van der Waals surface area contributed by atoms with Gasteiger partial charge in [-0.15, -0.1) is 11.3 Å². The third-order valence-electron chi connectivity index (χ3n) is 4.94. The maximum atomic E-state index is 13.0. The summed E-state index contributed by atoms with van der Waals surface area (Å²) in [5.41, 5.74) is 0.0693. The number of rotatable bonds is 5. The van der Waals surface area contributed by atoms with E-state index < -0.39 is 5.54 Å². The molecule has 0 bridgehead atoms. The topological polar surface area (TPSA) is 58.6 Å². The number of benzene rings is 1. The molecule has 1 aromatic carbocycles. The number of aryl methyl sites for hydroxylation is 1. The van der Waals surface area contributed by atoms with E-state index in [9.17, 15) is 14.0 Å². The Labute approximate surface area is 154 Å². The molecule has 2 aromatic rings. The molecule has 3 amide bonds. The number of thiophene rings is 1. The number of carbonyl (C=O) groups excluding carboxylic acids is 2. The summed E-state index contributed by atoms with van der Waals surface area (Å²) in [7, 11) is 0. The number of hydrogen-bond donors (Lipinski definition) is 1. The maximum Gasteiger partial charge on any atom is 0.325 e. The number of ether oxygens (including phenoxy) is 1. The third kappa shape index (κ3) is 2.86. The number of fused-ring (bicyclic) bond motifs is 2. The first-order valence-electron chi connectivity index (χ1n) is 8.69. The van der Waals surface area contributed by atoms with Crippen molar-refractivity contribution in [2.45, 2.75) is 31.2 Å². The first-order valence-corrected chi connectivity index (χ1v) is 9.57. The minimum atomic E-state index is -0.886. The van der Waals surface area contributed by atoms with Crippen molar-refractivity contribution in [3.8, 4) is 5.75 Å². The Morgan fingerprint density at radius 1 is 1.23 bits per heavy atom. The Hall–Kier alpha value is -2.41. The summed E-state index contributed by atoms with van der Waals surface area (Å²) in [6.45, 7) is 0.645. The van der Waals surface area contributed by atoms with E-state index in [1.807, 2.05) is 11.4 Å². The van der Waals surface area contributed by atoms with Crippen LogP contribution in [0.15, 0.2) is 35.7 Å². The summed E-state index contributed by atoms with van der Waals surface area (Å²) in [6.07, 6.45) is 3.01. The normalized spacial score (nSPS) is 21.8. The summed E-state index contributed by atoms with van der Waals surface area (Å²) in [5, 5.41) is 4.92. The summed E-state index contributed by atoms with van der Waals surface area (Å²) in [6, 6.07) is 7.39. The fraction of sp³-hybridized carbons (Fsp3) is 0.368. The van der Waals surface area contributed by atoms with Crippen LogP contribution >= 0.6 is 11.3 Å². The van der Waals surface area contributed by atoms with Crippen LogP contribution in [0.2, 0.25) is 0 Å². The average molecular weight is 374 g/mol. The van der Waals surface area contributed by atoms with Gasteiger partial charge in [-0.25, -0.2) is 9.18 Å². The number of carbonyl (C=O) groups is 2. The van der Waals surface area contributed by atoms with Crippen LogP contribution in [0.5, 0.6) is 5.75 Å². The van der Waals surface area contributed by atoms with Crippen molar-refractivity contribution >= 4 is 23.3 Å². The number of urea groups is 1. The molecule has 2 aliphatic rings. The van der Waals surface area contributed by atoms with Crippen LogP contribution in [0, 0.1) is 5.82 Å². The van der Waals surface area contributed by atoms with E-state index in [4.69, 9.17) is 4.74 Å². The summed E-state index contributed by atoms with van der Waals surface area (Å²) >= 11 is 1.64. The second-order valence-electron chi connectivity index (χ2n) is 6.56. The first kappa shape index (κ1) is 17.0. The van der Waals surface area contributed by atoms with Crippen LogP contribution in [-0.2, 0) is 16.8 Å². The Morgan fingerprint density at radius 3 is 2.85 bits per heavy atom. The van der Waals surface area contributed by atoms with Gasteiger partial charge in [0.25, 0.3) is 5.91 Å². The van der Waals surface area contributed by atoms with Gasteiger partial charge >= 0.3 is 6.03 Å². The van der Waals surface area contributed by atoms with Crippen molar-refractivity contribution in [2.75, 3.05) is 13.2 Å². The smallest absolute Gasteiger partial charge is 0.325 e. The lowest BCUT2D eigenvalue weighted by atomic mass is 9.80. The van der Waals surface area contributed by atoms with E-state index in [-0.39, 0.29) is 17.8 Å². The molecular weight excluding hydrogens is 355 g/mol. The molecule has 1 unspecified atom stereocenters. The number of nitrogens with zero attached hydrogens (tertiary/aromatic N) is 1. The molecule has 4 rings (SSSR count). The van der Waals surface area contributed by atoms with Gasteiger partial charge in [-0.05, 0) is 61.4 Å². The molecule has 1 saturated heterocycles. The summed E-state index contributed by atoms with van der Waals surface area (Å²) in [4.78, 5) is 27.9. The third-order valence-corrected chi connectivity index (χ3v) is 5.93. The van der Waals surface area contributed by atoms with E-state index in [1.165, 1.54) is 21.9 Å². The SMILES string of the molecule is O=C1NC2(CCCc3sccc32)C(=O)N1CCCOc1ccc(F)cc1. The van der Waals surface area contributed by atoms with E-state index in [0.29, 0.717) is 31.7 Å². The van der Waals surface area contributed by atoms with Crippen LogP contribution < -0.4 is 10.1 Å². The molecule has 1 aliphatic heterocycles. The summed E-state index contributed by atoms with van der Waals surface area (Å²) in [5.74, 6) is 0.0844. The lowest BCUT2D eigenvalue weighted by Crippen LogP contribution is -2.46. The molecule has 0 saturated carbocycles. The first-order chi connectivity index (χ1) is 12.6. The van der Waals surface area contributed by atoms with Crippen LogP contribution in [0.4, 0.5) is 9.18 Å². The molecule has 2 heterocycles. The Kier molecular flexibility index (Phi) is 4.40. The number of amides is 3. The zero-order valence-corrected chi connectivity index (χ0v) is 15.0. The number of nitrogens with one attached hydrogen (secondary N) is 1. The molecule has 0 radical (unpaired) electrons. The van der Waals surface area contributed by atoms with Crippen LogP contribution in [0.3, 0.4) is 0 Å². The van der Waals surface area contributed by atoms with Gasteiger partial charge in [-0.1, -0.05) is 0 Å². The molecule has 136 valence electrons. The highest BCUT2D eigenvalue weighted by molar-refractivity contribution is 7.10. The monoisotopic (exact) mass is 374 g/mol. The van der Waals surface area contributed by atoms with Gasteiger partial charge in [0.2, 0.25) is 0 Å². The number of imide groups is 1. The Balaban J connectivity index is 1.39. The van der Waals surface area contributed by atoms with E-state index in [2.05, 4.69) is 5.32 Å². The quantitative estimate of drug-likeness (QED) is 0.644. The van der Waals surface area contributed by atoms with Gasteiger partial charge in [0.05, 0.1) is 6.61 Å². The molecule has 1 spiro atoms. The van der Waals surface area contributed by atoms with Crippen molar-refractivity contribution in [2.24, 2.45) is 0 Å². The molecular formula is C19H19FN2O3S. The highest BCUT2D eigenvalue weighted by Gasteiger charge is 2.54. The van der Waals surface area contributed by atoms with Gasteiger partial charge in [-0.3, -0.25) is 9.69 Å². The molecule has 7 heteroatoms. The molecule has 1 aromatic heterocycles. The zero-order valence-electron chi connectivity index (χ0n) is 14.2. The fourth-order valence-electron chi connectivity index (χ4n) is 3.69. The fourth-order valence-corrected chi connectivity index (χ4v) is 4.69. The Bertz CT molecular complexity index is 836. The maximum absolute atomic E-state index is 13.0. The van der Waals surface area contributed by atoms with Crippen LogP contribution in [0.1, 0.15) is 29.7 Å². The van der Waals surface area contributed by atoms with Gasteiger partial charge in [-0.2, -0.15) is 0 Å². The second kappa shape index (κ2) is 6.72. The van der Waals surface area contributed by atoms with Crippen molar-refractivity contribution in [3.05, 3.63) is 52.0 Å². The molecule has 26 heavy (non-hydrogen) atoms. The van der Waals surface area contributed by atoms with Crippen molar-refractivity contribution in [3.63, 3.8) is 0 Å². The largest absolute Gasteiger partial charge is 0.494 e. The van der Waals surface area contributed by atoms with Crippen LogP contribution in [-0.4, -0.2) is 30.0 Å². The molecule has 5 nitrogen and oxygen atoms in total. The van der Waals surface area contributed by atoms with Gasteiger partial charge in [0.15, 0.2) is 0 Å². The van der Waals surface area contributed by atoms with E-state index in [0.717, 1.165) is 18.4 Å². The Morgan fingerprint density at radius 2 is 2.04 bits per heavy atom. The van der Waals surface area contributed by atoms with Gasteiger partial charge in [0.1, 0.15) is 17.1 Å². The van der Waals surface area contributed by atoms with Crippen molar-refractivity contribution in [1.82, 2.24) is 10.2 Å². The predicted molar refractivity (Wildman–Crippen MR) is 95.7 cm³/mol. The minimum Gasteiger partial charge on any atom is -0.494 e.